The smallest absolute Gasteiger partial charge is 0.309 e. The summed E-state index contributed by atoms with van der Waals surface area (Å²) in [5.41, 5.74) is 3.74. The standard InChI is InChI=1S/C30H48O3/c1-25(2)21-9-8-20-19(28(21,5)12-11-23(25)31)10-13-30(7)22-18-27(4,24(32)33)15-14-26(22,3)16-17-29(20,30)6/h21-23,31H,8-18H2,1-7H3,(H,32,33)/t21-,22+,23?,26+,27+,28+,29+,30-/m0/s1. The number of carbonyl (C=O) groups is 1. The fourth-order valence-electron chi connectivity index (χ4n) is 10.5. The van der Waals surface area contributed by atoms with E-state index in [9.17, 15) is 15.0 Å². The Morgan fingerprint density at radius 2 is 1.45 bits per heavy atom. The molecule has 3 nitrogen and oxygen atoms in total. The molecule has 2 N–H and O–H groups in total. The molecule has 3 heteroatoms. The van der Waals surface area contributed by atoms with Gasteiger partial charge in [0, 0.05) is 0 Å². The molecule has 0 aromatic carbocycles. The van der Waals surface area contributed by atoms with E-state index >= 15 is 0 Å². The first-order valence-corrected chi connectivity index (χ1v) is 13.8. The molecule has 0 saturated heterocycles. The van der Waals surface area contributed by atoms with Gasteiger partial charge < -0.3 is 10.2 Å². The molecule has 8 atom stereocenters. The number of fused-ring (bicyclic) bond motifs is 6. The van der Waals surface area contributed by atoms with Crippen LogP contribution in [0.2, 0.25) is 0 Å². The van der Waals surface area contributed by atoms with Gasteiger partial charge in [-0.2, -0.15) is 0 Å². The van der Waals surface area contributed by atoms with Gasteiger partial charge in [0.2, 0.25) is 0 Å². The van der Waals surface area contributed by atoms with Crippen molar-refractivity contribution in [2.24, 2.45) is 44.3 Å². The minimum absolute atomic E-state index is 0.0228. The van der Waals surface area contributed by atoms with Crippen LogP contribution >= 0.6 is 0 Å². The maximum absolute atomic E-state index is 12.3. The van der Waals surface area contributed by atoms with Crippen molar-refractivity contribution < 1.29 is 15.0 Å². The van der Waals surface area contributed by atoms with Crippen molar-refractivity contribution in [2.75, 3.05) is 0 Å². The number of hydrogen-bond donors (Lipinski definition) is 2. The second-order valence-corrected chi connectivity index (χ2v) is 14.9. The van der Waals surface area contributed by atoms with Crippen molar-refractivity contribution in [3.05, 3.63) is 11.1 Å². The average molecular weight is 457 g/mol. The summed E-state index contributed by atoms with van der Waals surface area (Å²) >= 11 is 0. The van der Waals surface area contributed by atoms with Crippen LogP contribution in [0.25, 0.3) is 0 Å². The third kappa shape index (κ3) is 2.87. The van der Waals surface area contributed by atoms with E-state index in [1.54, 1.807) is 11.1 Å². The van der Waals surface area contributed by atoms with E-state index in [1.165, 1.54) is 38.5 Å². The lowest BCUT2D eigenvalue weighted by Gasteiger charge is -2.69. The van der Waals surface area contributed by atoms with E-state index in [0.29, 0.717) is 11.8 Å². The lowest BCUT2D eigenvalue weighted by Crippen LogP contribution is -2.61. The number of rotatable bonds is 1. The summed E-state index contributed by atoms with van der Waals surface area (Å²) in [5, 5.41) is 21.0. The van der Waals surface area contributed by atoms with Gasteiger partial charge in [-0.3, -0.25) is 4.79 Å². The van der Waals surface area contributed by atoms with E-state index < -0.39 is 11.4 Å². The third-order valence-electron chi connectivity index (χ3n) is 13.2. The highest BCUT2D eigenvalue weighted by atomic mass is 16.4. The molecule has 0 heterocycles. The van der Waals surface area contributed by atoms with Gasteiger partial charge in [-0.15, -0.1) is 0 Å². The molecule has 33 heavy (non-hydrogen) atoms. The van der Waals surface area contributed by atoms with Crippen LogP contribution < -0.4 is 0 Å². The van der Waals surface area contributed by atoms with Crippen LogP contribution in [0, 0.1) is 44.3 Å². The molecule has 0 amide bonds. The SMILES string of the molecule is CC1(C)C(O)CC[C@]2(C)C3=C(CC[C@@H]12)[C@@]1(C)CC[C@@]2(C)CC[C@@](C)(C(=O)O)C[C@H]2[C@]1(C)CC3. The topological polar surface area (TPSA) is 57.5 Å². The van der Waals surface area contributed by atoms with Crippen molar-refractivity contribution in [3.8, 4) is 0 Å². The van der Waals surface area contributed by atoms with E-state index in [1.807, 2.05) is 6.92 Å². The molecule has 5 rings (SSSR count). The Kier molecular flexibility index (Phi) is 4.99. The highest BCUT2D eigenvalue weighted by Crippen LogP contribution is 2.75. The highest BCUT2D eigenvalue weighted by molar-refractivity contribution is 5.74. The summed E-state index contributed by atoms with van der Waals surface area (Å²) in [6.07, 6.45) is 11.8. The molecule has 0 aromatic heterocycles. The van der Waals surface area contributed by atoms with Gasteiger partial charge in [-0.05, 0) is 116 Å². The van der Waals surface area contributed by atoms with Crippen molar-refractivity contribution in [2.45, 2.75) is 125 Å². The van der Waals surface area contributed by atoms with E-state index in [2.05, 4.69) is 41.5 Å². The molecule has 5 aliphatic carbocycles. The summed E-state index contributed by atoms with van der Waals surface area (Å²) < 4.78 is 0. The molecule has 5 aliphatic rings. The van der Waals surface area contributed by atoms with Gasteiger partial charge in [0.1, 0.15) is 0 Å². The Labute approximate surface area is 201 Å². The predicted molar refractivity (Wildman–Crippen MR) is 133 cm³/mol. The zero-order chi connectivity index (χ0) is 24.2. The largest absolute Gasteiger partial charge is 0.481 e. The van der Waals surface area contributed by atoms with Crippen molar-refractivity contribution in [1.29, 1.82) is 0 Å². The molecule has 1 unspecified atom stereocenters. The number of carboxylic acid groups (broad SMARTS) is 1. The molecular weight excluding hydrogens is 408 g/mol. The normalized spacial score (nSPS) is 53.4. The maximum atomic E-state index is 12.3. The van der Waals surface area contributed by atoms with Crippen LogP contribution in [0.1, 0.15) is 119 Å². The Morgan fingerprint density at radius 3 is 2.12 bits per heavy atom. The minimum atomic E-state index is -0.591. The monoisotopic (exact) mass is 456 g/mol. The second kappa shape index (κ2) is 6.89. The maximum Gasteiger partial charge on any atom is 0.309 e. The lowest BCUT2D eigenvalue weighted by atomic mass is 9.35. The number of carboxylic acids is 1. The average Bonchev–Trinajstić information content (AvgIpc) is 2.74. The molecule has 186 valence electrons. The van der Waals surface area contributed by atoms with Crippen LogP contribution in [-0.4, -0.2) is 22.3 Å². The lowest BCUT2D eigenvalue weighted by molar-refractivity contribution is -0.175. The first-order chi connectivity index (χ1) is 15.1. The van der Waals surface area contributed by atoms with Crippen molar-refractivity contribution in [3.63, 3.8) is 0 Å². The molecule has 0 spiro atoms. The molecule has 0 radical (unpaired) electrons. The van der Waals surface area contributed by atoms with Gasteiger partial charge in [-0.1, -0.05) is 52.7 Å². The zero-order valence-corrected chi connectivity index (χ0v) is 22.3. The molecular formula is C30H48O3. The van der Waals surface area contributed by atoms with Gasteiger partial charge in [-0.25, -0.2) is 0 Å². The fourth-order valence-corrected chi connectivity index (χ4v) is 10.5. The summed E-state index contributed by atoms with van der Waals surface area (Å²) in [4.78, 5) is 12.3. The fraction of sp³-hybridized carbons (Fsp3) is 0.900. The van der Waals surface area contributed by atoms with Gasteiger partial charge in [0.05, 0.1) is 11.5 Å². The molecule has 0 aromatic rings. The second-order valence-electron chi connectivity index (χ2n) is 14.9. The number of aliphatic hydroxyl groups is 1. The summed E-state index contributed by atoms with van der Waals surface area (Å²) in [6.45, 7) is 16.8. The van der Waals surface area contributed by atoms with Crippen LogP contribution in [0.15, 0.2) is 11.1 Å². The zero-order valence-electron chi connectivity index (χ0n) is 22.3. The van der Waals surface area contributed by atoms with Crippen LogP contribution in [-0.2, 0) is 4.79 Å². The Balaban J connectivity index is 1.59. The molecule has 3 fully saturated rings. The molecule has 0 bridgehead atoms. The number of hydrogen-bond acceptors (Lipinski definition) is 2. The summed E-state index contributed by atoms with van der Waals surface area (Å²) in [7, 11) is 0. The number of aliphatic carboxylic acids is 1. The number of allylic oxidation sites excluding steroid dienone is 2. The first-order valence-electron chi connectivity index (χ1n) is 13.8. The quantitative estimate of drug-likeness (QED) is 0.405. The Hall–Kier alpha value is -0.830. The van der Waals surface area contributed by atoms with Gasteiger partial charge in [0.15, 0.2) is 0 Å². The Morgan fingerprint density at radius 1 is 0.788 bits per heavy atom. The minimum Gasteiger partial charge on any atom is -0.481 e. The van der Waals surface area contributed by atoms with E-state index in [-0.39, 0.29) is 33.2 Å². The van der Waals surface area contributed by atoms with Crippen molar-refractivity contribution >= 4 is 5.97 Å². The van der Waals surface area contributed by atoms with Crippen LogP contribution in [0.5, 0.6) is 0 Å². The third-order valence-corrected chi connectivity index (χ3v) is 13.2. The number of aliphatic hydroxyl groups excluding tert-OH is 1. The van der Waals surface area contributed by atoms with E-state index in [0.717, 1.165) is 32.1 Å². The highest BCUT2D eigenvalue weighted by Gasteiger charge is 2.66. The summed E-state index contributed by atoms with van der Waals surface area (Å²) in [6, 6.07) is 0. The summed E-state index contributed by atoms with van der Waals surface area (Å²) in [5.74, 6) is 0.439. The first kappa shape index (κ1) is 23.9. The van der Waals surface area contributed by atoms with Crippen LogP contribution in [0.4, 0.5) is 0 Å². The predicted octanol–water partition coefficient (Wildman–Crippen LogP) is 7.38. The Bertz CT molecular complexity index is 902. The van der Waals surface area contributed by atoms with Gasteiger partial charge >= 0.3 is 5.97 Å². The van der Waals surface area contributed by atoms with Gasteiger partial charge in [0.25, 0.3) is 0 Å². The van der Waals surface area contributed by atoms with E-state index in [4.69, 9.17) is 0 Å². The molecule has 3 saturated carbocycles. The molecule has 0 aliphatic heterocycles. The van der Waals surface area contributed by atoms with Crippen LogP contribution in [0.3, 0.4) is 0 Å². The van der Waals surface area contributed by atoms with Crippen molar-refractivity contribution in [1.82, 2.24) is 0 Å².